The Balaban J connectivity index is 1.44. The number of methoxy groups -OCH3 is 2. The molecule has 2 aromatic carbocycles. The van der Waals surface area contributed by atoms with E-state index in [4.69, 9.17) is 26.1 Å². The molecule has 1 aliphatic rings. The van der Waals surface area contributed by atoms with Gasteiger partial charge >= 0.3 is 0 Å². The van der Waals surface area contributed by atoms with Gasteiger partial charge in [-0.1, -0.05) is 12.1 Å². The maximum atomic E-state index is 14.0. The van der Waals surface area contributed by atoms with Gasteiger partial charge in [0.2, 0.25) is 5.89 Å². The minimum absolute atomic E-state index is 0.191. The lowest BCUT2D eigenvalue weighted by molar-refractivity contribution is 0.192. The van der Waals surface area contributed by atoms with E-state index in [0.717, 1.165) is 31.7 Å². The van der Waals surface area contributed by atoms with Gasteiger partial charge in [-0.2, -0.15) is 0 Å². The van der Waals surface area contributed by atoms with E-state index >= 15 is 0 Å². The predicted molar refractivity (Wildman–Crippen MR) is 114 cm³/mol. The first-order valence-corrected chi connectivity index (χ1v) is 10.0. The summed E-state index contributed by atoms with van der Waals surface area (Å²) in [6.07, 6.45) is 0. The maximum absolute atomic E-state index is 14.0. The van der Waals surface area contributed by atoms with E-state index in [2.05, 4.69) is 14.9 Å². The van der Waals surface area contributed by atoms with Crippen LogP contribution in [0.3, 0.4) is 0 Å². The smallest absolute Gasteiger partial charge is 0.288 e. The highest BCUT2D eigenvalue weighted by molar-refractivity contribution is 7.71. The molecule has 3 aromatic rings. The Kier molecular flexibility index (Phi) is 6.01. The monoisotopic (exact) mass is 430 g/mol. The number of aromatic nitrogens is 2. The number of ether oxygens (including phenoxy) is 2. The standard InChI is InChI=1S/C21H23FN4O3S/c1-27-18-8-7-15(13-19(18)28-2)20-23-26(21(30)29-20)14-24-9-11-25(12-10-24)17-6-4-3-5-16(17)22/h3-8,13H,9-12,14H2,1-2H3. The lowest BCUT2D eigenvalue weighted by Gasteiger charge is -2.35. The number of rotatable bonds is 6. The van der Waals surface area contributed by atoms with Crippen LogP contribution in [0, 0.1) is 10.7 Å². The summed E-state index contributed by atoms with van der Waals surface area (Å²) in [5, 5.41) is 4.53. The number of hydrogen-bond donors (Lipinski definition) is 0. The van der Waals surface area contributed by atoms with Crippen LogP contribution in [-0.2, 0) is 6.67 Å². The first kappa shape index (κ1) is 20.4. The third-order valence-corrected chi connectivity index (χ3v) is 5.43. The molecule has 0 unspecified atom stereocenters. The zero-order valence-electron chi connectivity index (χ0n) is 16.9. The van der Waals surface area contributed by atoms with Gasteiger partial charge in [0.25, 0.3) is 4.84 Å². The average molecular weight is 431 g/mol. The number of para-hydroxylation sites is 1. The highest BCUT2D eigenvalue weighted by Gasteiger charge is 2.21. The molecule has 0 N–H and O–H groups in total. The van der Waals surface area contributed by atoms with Gasteiger partial charge in [0.05, 0.1) is 26.6 Å². The summed E-state index contributed by atoms with van der Waals surface area (Å²) in [5.41, 5.74) is 1.40. The van der Waals surface area contributed by atoms with Gasteiger partial charge in [0.15, 0.2) is 11.5 Å². The Bertz CT molecular complexity index is 1080. The largest absolute Gasteiger partial charge is 0.493 e. The van der Waals surface area contributed by atoms with Crippen molar-refractivity contribution >= 4 is 17.9 Å². The molecule has 1 saturated heterocycles. The molecule has 2 heterocycles. The molecule has 0 radical (unpaired) electrons. The summed E-state index contributed by atoms with van der Waals surface area (Å²) in [6.45, 7) is 3.52. The Labute approximate surface area is 179 Å². The summed E-state index contributed by atoms with van der Waals surface area (Å²) in [7, 11) is 3.17. The second-order valence-corrected chi connectivity index (χ2v) is 7.29. The van der Waals surface area contributed by atoms with E-state index in [1.165, 1.54) is 6.07 Å². The molecule has 158 valence electrons. The minimum Gasteiger partial charge on any atom is -0.493 e. The molecule has 0 aliphatic carbocycles. The van der Waals surface area contributed by atoms with E-state index in [1.54, 1.807) is 37.1 Å². The van der Waals surface area contributed by atoms with Crippen LogP contribution in [0.2, 0.25) is 0 Å². The van der Waals surface area contributed by atoms with Crippen LogP contribution in [0.25, 0.3) is 11.5 Å². The Morgan fingerprint density at radius 1 is 1.03 bits per heavy atom. The molecule has 0 bridgehead atoms. The number of anilines is 1. The zero-order chi connectivity index (χ0) is 21.1. The molecule has 1 aliphatic heterocycles. The first-order valence-electron chi connectivity index (χ1n) is 9.61. The quantitative estimate of drug-likeness (QED) is 0.551. The van der Waals surface area contributed by atoms with Crippen LogP contribution in [0.15, 0.2) is 46.9 Å². The van der Waals surface area contributed by atoms with Gasteiger partial charge in [-0.25, -0.2) is 9.07 Å². The summed E-state index contributed by atoms with van der Waals surface area (Å²) < 4.78 is 32.0. The van der Waals surface area contributed by atoms with Gasteiger partial charge in [-0.05, 0) is 42.5 Å². The third-order valence-electron chi connectivity index (χ3n) is 5.14. The van der Waals surface area contributed by atoms with Crippen molar-refractivity contribution < 1.29 is 18.3 Å². The number of piperazine rings is 1. The van der Waals surface area contributed by atoms with Crippen LogP contribution in [0.1, 0.15) is 0 Å². The van der Waals surface area contributed by atoms with Crippen LogP contribution in [0.5, 0.6) is 11.5 Å². The normalized spacial score (nSPS) is 14.7. The summed E-state index contributed by atoms with van der Waals surface area (Å²) >= 11 is 5.36. The van der Waals surface area contributed by atoms with Crippen molar-refractivity contribution in [3.63, 3.8) is 0 Å². The molecule has 1 aromatic heterocycles. The van der Waals surface area contributed by atoms with E-state index < -0.39 is 0 Å². The Morgan fingerprint density at radius 2 is 1.77 bits per heavy atom. The van der Waals surface area contributed by atoms with Crippen molar-refractivity contribution in [1.29, 1.82) is 0 Å². The van der Waals surface area contributed by atoms with Gasteiger partial charge in [-0.15, -0.1) is 5.10 Å². The number of halogens is 1. The van der Waals surface area contributed by atoms with E-state index in [1.807, 2.05) is 18.2 Å². The molecule has 30 heavy (non-hydrogen) atoms. The van der Waals surface area contributed by atoms with Crippen molar-refractivity contribution in [3.8, 4) is 23.0 Å². The minimum atomic E-state index is -0.191. The molecule has 0 saturated carbocycles. The Morgan fingerprint density at radius 3 is 2.47 bits per heavy atom. The molecular weight excluding hydrogens is 407 g/mol. The number of benzene rings is 2. The maximum Gasteiger partial charge on any atom is 0.288 e. The van der Waals surface area contributed by atoms with E-state index in [-0.39, 0.29) is 5.82 Å². The van der Waals surface area contributed by atoms with Gasteiger partial charge in [0.1, 0.15) is 5.82 Å². The highest BCUT2D eigenvalue weighted by atomic mass is 32.1. The summed E-state index contributed by atoms with van der Waals surface area (Å²) in [6, 6.07) is 12.3. The molecule has 0 amide bonds. The third kappa shape index (κ3) is 4.17. The van der Waals surface area contributed by atoms with Crippen LogP contribution in [0.4, 0.5) is 10.1 Å². The zero-order valence-corrected chi connectivity index (χ0v) is 17.7. The van der Waals surface area contributed by atoms with Crippen LogP contribution < -0.4 is 14.4 Å². The Hall–Kier alpha value is -2.91. The fourth-order valence-electron chi connectivity index (χ4n) is 3.51. The topological polar surface area (TPSA) is 55.9 Å². The van der Waals surface area contributed by atoms with Crippen molar-refractivity contribution in [3.05, 3.63) is 53.1 Å². The van der Waals surface area contributed by atoms with Crippen molar-refractivity contribution in [2.45, 2.75) is 6.67 Å². The molecule has 7 nitrogen and oxygen atoms in total. The van der Waals surface area contributed by atoms with E-state index in [9.17, 15) is 4.39 Å². The second kappa shape index (κ2) is 8.85. The van der Waals surface area contributed by atoms with Crippen LogP contribution in [-0.4, -0.2) is 55.1 Å². The van der Waals surface area contributed by atoms with Crippen LogP contribution >= 0.6 is 12.2 Å². The molecule has 9 heteroatoms. The predicted octanol–water partition coefficient (Wildman–Crippen LogP) is 3.81. The van der Waals surface area contributed by atoms with Crippen molar-refractivity contribution in [2.75, 3.05) is 45.3 Å². The molecule has 0 spiro atoms. The molecule has 1 fully saturated rings. The van der Waals surface area contributed by atoms with Crippen molar-refractivity contribution in [2.24, 2.45) is 0 Å². The summed E-state index contributed by atoms with van der Waals surface area (Å²) in [5.74, 6) is 1.46. The lowest BCUT2D eigenvalue weighted by atomic mass is 10.2. The molecular formula is C21H23FN4O3S. The first-order chi connectivity index (χ1) is 14.6. The highest BCUT2D eigenvalue weighted by Crippen LogP contribution is 2.31. The fourth-order valence-corrected chi connectivity index (χ4v) is 3.69. The van der Waals surface area contributed by atoms with Gasteiger partial charge in [0, 0.05) is 31.7 Å². The SMILES string of the molecule is COc1ccc(-c2nn(CN3CCN(c4ccccc4F)CC3)c(=S)o2)cc1OC. The average Bonchev–Trinajstić information content (AvgIpc) is 3.14. The molecule has 4 rings (SSSR count). The lowest BCUT2D eigenvalue weighted by Crippen LogP contribution is -2.47. The number of nitrogens with zero attached hydrogens (tertiary/aromatic N) is 4. The number of hydrogen-bond acceptors (Lipinski definition) is 7. The molecule has 0 atom stereocenters. The fraction of sp³-hybridized carbons (Fsp3) is 0.333. The van der Waals surface area contributed by atoms with E-state index in [0.29, 0.717) is 34.6 Å². The van der Waals surface area contributed by atoms with Crippen molar-refractivity contribution in [1.82, 2.24) is 14.7 Å². The second-order valence-electron chi connectivity index (χ2n) is 6.94. The van der Waals surface area contributed by atoms with Gasteiger partial charge < -0.3 is 18.8 Å². The summed E-state index contributed by atoms with van der Waals surface area (Å²) in [4.78, 5) is 4.58. The van der Waals surface area contributed by atoms with Gasteiger partial charge in [-0.3, -0.25) is 4.90 Å².